The third kappa shape index (κ3) is 3.04. The first-order valence-corrected chi connectivity index (χ1v) is 6.00. The third-order valence-electron chi connectivity index (χ3n) is 2.62. The van der Waals surface area contributed by atoms with E-state index in [0.717, 1.165) is 0 Å². The number of carbonyl (C=O) groups is 1. The molecule has 90 valence electrons. The van der Waals surface area contributed by atoms with Gasteiger partial charge in [0.2, 0.25) is 0 Å². The molecule has 1 rings (SSSR count). The fourth-order valence-electron chi connectivity index (χ4n) is 1.62. The largest absolute Gasteiger partial charge is 0.480 e. The number of nitrogens with two attached hydrogens (primary N) is 1. The Morgan fingerprint density at radius 3 is 2.62 bits per heavy atom. The lowest BCUT2D eigenvalue weighted by molar-refractivity contribution is -0.139. The van der Waals surface area contributed by atoms with E-state index in [2.05, 4.69) is 0 Å². The van der Waals surface area contributed by atoms with Gasteiger partial charge >= 0.3 is 5.97 Å². The molecule has 1 aromatic heterocycles. The fraction of sp³-hybridized carbons (Fsp3) is 0.545. The molecule has 0 saturated heterocycles. The van der Waals surface area contributed by atoms with Crippen LogP contribution in [-0.4, -0.2) is 36.1 Å². The predicted molar refractivity (Wildman–Crippen MR) is 65.7 cm³/mol. The molecule has 0 saturated carbocycles. The van der Waals surface area contributed by atoms with Crippen LogP contribution in [0, 0.1) is 6.92 Å². The number of hydrogen-bond acceptors (Lipinski definition) is 4. The number of thiophene rings is 1. The molecule has 0 aliphatic rings. The van der Waals surface area contributed by atoms with Gasteiger partial charge in [0.25, 0.3) is 0 Å². The standard InChI is InChI=1S/C11H18N2O2S/c1-7-4-5-16-10(7)9(13(2)3)6-8(12)11(14)15/h4-5,8-9H,6,12H2,1-3H3,(H,14,15). The van der Waals surface area contributed by atoms with E-state index >= 15 is 0 Å². The van der Waals surface area contributed by atoms with Crippen LogP contribution in [0.1, 0.15) is 22.9 Å². The molecule has 0 amide bonds. The zero-order chi connectivity index (χ0) is 12.3. The van der Waals surface area contributed by atoms with Crippen molar-refractivity contribution in [3.8, 4) is 0 Å². The van der Waals surface area contributed by atoms with E-state index in [1.807, 2.05) is 37.4 Å². The van der Waals surface area contributed by atoms with Crippen LogP contribution in [0.25, 0.3) is 0 Å². The molecule has 0 aliphatic heterocycles. The van der Waals surface area contributed by atoms with Crippen molar-refractivity contribution in [3.63, 3.8) is 0 Å². The SMILES string of the molecule is Cc1ccsc1C(CC(N)C(=O)O)N(C)C. The molecule has 0 bridgehead atoms. The first-order chi connectivity index (χ1) is 7.43. The zero-order valence-corrected chi connectivity index (χ0v) is 10.6. The van der Waals surface area contributed by atoms with Gasteiger partial charge in [-0.25, -0.2) is 0 Å². The minimum atomic E-state index is -0.943. The lowest BCUT2D eigenvalue weighted by atomic mass is 10.0. The molecule has 5 heteroatoms. The summed E-state index contributed by atoms with van der Waals surface area (Å²) in [5.74, 6) is -0.943. The predicted octanol–water partition coefficient (Wildman–Crippen LogP) is 1.46. The molecular formula is C11H18N2O2S. The number of rotatable bonds is 5. The average molecular weight is 242 g/mol. The van der Waals surface area contributed by atoms with Crippen LogP contribution in [0.4, 0.5) is 0 Å². The van der Waals surface area contributed by atoms with E-state index in [1.54, 1.807) is 11.3 Å². The highest BCUT2D eigenvalue weighted by Crippen LogP contribution is 2.30. The molecule has 1 heterocycles. The molecule has 2 atom stereocenters. The normalized spacial score (nSPS) is 15.1. The van der Waals surface area contributed by atoms with Crippen molar-refractivity contribution >= 4 is 17.3 Å². The van der Waals surface area contributed by atoms with Crippen LogP contribution in [0.3, 0.4) is 0 Å². The van der Waals surface area contributed by atoms with Gasteiger partial charge in [-0.1, -0.05) is 0 Å². The van der Waals surface area contributed by atoms with Crippen molar-refractivity contribution < 1.29 is 9.90 Å². The van der Waals surface area contributed by atoms with Crippen molar-refractivity contribution in [1.82, 2.24) is 4.90 Å². The molecule has 16 heavy (non-hydrogen) atoms. The van der Waals surface area contributed by atoms with E-state index in [9.17, 15) is 4.79 Å². The minimum Gasteiger partial charge on any atom is -0.480 e. The quantitative estimate of drug-likeness (QED) is 0.820. The molecule has 4 nitrogen and oxygen atoms in total. The Balaban J connectivity index is 2.85. The van der Waals surface area contributed by atoms with E-state index < -0.39 is 12.0 Å². The smallest absolute Gasteiger partial charge is 0.320 e. The Morgan fingerprint density at radius 2 is 2.25 bits per heavy atom. The number of carboxylic acids is 1. The summed E-state index contributed by atoms with van der Waals surface area (Å²) in [6.45, 7) is 2.04. The van der Waals surface area contributed by atoms with Crippen LogP contribution >= 0.6 is 11.3 Å². The summed E-state index contributed by atoms with van der Waals surface area (Å²) in [5, 5.41) is 10.9. The zero-order valence-electron chi connectivity index (χ0n) is 9.80. The molecule has 2 unspecified atom stereocenters. The summed E-state index contributed by atoms with van der Waals surface area (Å²) in [6, 6.07) is 1.31. The van der Waals surface area contributed by atoms with Crippen LogP contribution in [0.5, 0.6) is 0 Å². The van der Waals surface area contributed by atoms with Crippen molar-refractivity contribution in [2.24, 2.45) is 5.73 Å². The molecule has 1 aromatic rings. The number of carboxylic acid groups (broad SMARTS) is 1. The summed E-state index contributed by atoms with van der Waals surface area (Å²) in [6.07, 6.45) is 0.434. The maximum Gasteiger partial charge on any atom is 0.320 e. The first kappa shape index (κ1) is 13.2. The summed E-state index contributed by atoms with van der Waals surface area (Å²) in [7, 11) is 3.89. The second-order valence-electron chi connectivity index (χ2n) is 4.13. The number of aliphatic carboxylic acids is 1. The van der Waals surface area contributed by atoms with E-state index in [1.165, 1.54) is 10.4 Å². The molecule has 3 N–H and O–H groups in total. The molecule has 0 spiro atoms. The second kappa shape index (κ2) is 5.43. The first-order valence-electron chi connectivity index (χ1n) is 5.12. The third-order valence-corrected chi connectivity index (χ3v) is 3.74. The van der Waals surface area contributed by atoms with Crippen molar-refractivity contribution in [2.75, 3.05) is 14.1 Å². The lowest BCUT2D eigenvalue weighted by Crippen LogP contribution is -2.35. The van der Waals surface area contributed by atoms with Crippen molar-refractivity contribution in [2.45, 2.75) is 25.4 Å². The average Bonchev–Trinajstić information content (AvgIpc) is 2.59. The maximum absolute atomic E-state index is 10.8. The van der Waals surface area contributed by atoms with Gasteiger partial charge in [0.05, 0.1) is 0 Å². The molecule has 0 radical (unpaired) electrons. The van der Waals surface area contributed by atoms with Crippen molar-refractivity contribution in [1.29, 1.82) is 0 Å². The molecule has 0 aromatic carbocycles. The lowest BCUT2D eigenvalue weighted by Gasteiger charge is -2.25. The highest BCUT2D eigenvalue weighted by Gasteiger charge is 2.23. The number of hydrogen-bond donors (Lipinski definition) is 2. The van der Waals surface area contributed by atoms with Gasteiger partial charge < -0.3 is 15.7 Å². The Kier molecular flexibility index (Phi) is 4.46. The molecule has 0 fully saturated rings. The summed E-state index contributed by atoms with van der Waals surface area (Å²) >= 11 is 1.65. The second-order valence-corrected chi connectivity index (χ2v) is 5.08. The van der Waals surface area contributed by atoms with Crippen molar-refractivity contribution in [3.05, 3.63) is 21.9 Å². The van der Waals surface area contributed by atoms with E-state index in [0.29, 0.717) is 6.42 Å². The Bertz CT molecular complexity index is 363. The number of aryl methyl sites for hydroxylation is 1. The minimum absolute atomic E-state index is 0.0751. The van der Waals surface area contributed by atoms with Gasteiger partial charge in [0, 0.05) is 10.9 Å². The topological polar surface area (TPSA) is 66.6 Å². The Morgan fingerprint density at radius 1 is 1.62 bits per heavy atom. The van der Waals surface area contributed by atoms with Gasteiger partial charge in [-0.05, 0) is 44.4 Å². The molecule has 0 aliphatic carbocycles. The Hall–Kier alpha value is -0.910. The Labute approximate surface area is 99.7 Å². The maximum atomic E-state index is 10.8. The van der Waals surface area contributed by atoms with Gasteiger partial charge in [-0.15, -0.1) is 11.3 Å². The van der Waals surface area contributed by atoms with Gasteiger partial charge in [-0.3, -0.25) is 4.79 Å². The van der Waals surface area contributed by atoms with Gasteiger partial charge in [0.15, 0.2) is 0 Å². The van der Waals surface area contributed by atoms with Gasteiger partial charge in [0.1, 0.15) is 6.04 Å². The van der Waals surface area contributed by atoms with Crippen LogP contribution in [-0.2, 0) is 4.79 Å². The highest BCUT2D eigenvalue weighted by molar-refractivity contribution is 7.10. The van der Waals surface area contributed by atoms with Crippen LogP contribution in [0.15, 0.2) is 11.4 Å². The van der Waals surface area contributed by atoms with Crippen LogP contribution < -0.4 is 5.73 Å². The summed E-state index contributed by atoms with van der Waals surface area (Å²) in [4.78, 5) is 14.0. The fourth-order valence-corrected chi connectivity index (χ4v) is 2.76. The molecular weight excluding hydrogens is 224 g/mol. The number of nitrogens with zero attached hydrogens (tertiary/aromatic N) is 1. The highest BCUT2D eigenvalue weighted by atomic mass is 32.1. The monoisotopic (exact) mass is 242 g/mol. The van der Waals surface area contributed by atoms with E-state index in [-0.39, 0.29) is 6.04 Å². The van der Waals surface area contributed by atoms with Crippen LogP contribution in [0.2, 0.25) is 0 Å². The summed E-state index contributed by atoms with van der Waals surface area (Å²) in [5.41, 5.74) is 6.79. The van der Waals surface area contributed by atoms with Gasteiger partial charge in [-0.2, -0.15) is 0 Å². The summed E-state index contributed by atoms with van der Waals surface area (Å²) < 4.78 is 0. The van der Waals surface area contributed by atoms with E-state index in [4.69, 9.17) is 10.8 Å².